The van der Waals surface area contributed by atoms with Gasteiger partial charge in [0.2, 0.25) is 5.91 Å². The lowest BCUT2D eigenvalue weighted by Crippen LogP contribution is -2.47. The van der Waals surface area contributed by atoms with Gasteiger partial charge in [0.1, 0.15) is 0 Å². The van der Waals surface area contributed by atoms with Crippen LogP contribution in [0.1, 0.15) is 31.4 Å². The van der Waals surface area contributed by atoms with Crippen molar-refractivity contribution in [3.05, 3.63) is 16.6 Å². The fraction of sp³-hybridized carbons (Fsp3) is 0.667. The third kappa shape index (κ3) is 3.26. The Labute approximate surface area is 106 Å². The minimum Gasteiger partial charge on any atom is -0.338 e. The van der Waals surface area contributed by atoms with Gasteiger partial charge in [-0.1, -0.05) is 0 Å². The summed E-state index contributed by atoms with van der Waals surface area (Å²) in [6.45, 7) is 1.46. The van der Waals surface area contributed by atoms with Crippen molar-refractivity contribution < 1.29 is 4.79 Å². The van der Waals surface area contributed by atoms with E-state index in [9.17, 15) is 4.79 Å². The highest BCUT2D eigenvalue weighted by molar-refractivity contribution is 7.07. The molecule has 1 saturated heterocycles. The highest BCUT2D eigenvalue weighted by Gasteiger charge is 2.24. The summed E-state index contributed by atoms with van der Waals surface area (Å²) in [6, 6.07) is 0.256. The molecule has 94 valence electrons. The number of thiazole rings is 1. The molecule has 1 aliphatic heterocycles. The number of carbonyl (C=O) groups excluding carboxylic acids is 1. The summed E-state index contributed by atoms with van der Waals surface area (Å²) in [6.07, 6.45) is 4.66. The van der Waals surface area contributed by atoms with Gasteiger partial charge < -0.3 is 10.6 Å². The smallest absolute Gasteiger partial charge is 0.223 e. The average Bonchev–Trinajstić information content (AvgIpc) is 2.89. The molecule has 0 bridgehead atoms. The van der Waals surface area contributed by atoms with Gasteiger partial charge in [-0.15, -0.1) is 11.3 Å². The summed E-state index contributed by atoms with van der Waals surface area (Å²) in [4.78, 5) is 18.3. The molecule has 0 aromatic carbocycles. The fourth-order valence-corrected chi connectivity index (χ4v) is 2.91. The zero-order valence-electron chi connectivity index (χ0n) is 9.97. The number of piperidine rings is 1. The Balaban J connectivity index is 1.85. The largest absolute Gasteiger partial charge is 0.338 e. The van der Waals surface area contributed by atoms with Crippen LogP contribution in [-0.4, -0.2) is 34.9 Å². The van der Waals surface area contributed by atoms with Gasteiger partial charge in [-0.3, -0.25) is 4.79 Å². The van der Waals surface area contributed by atoms with Crippen LogP contribution >= 0.6 is 11.3 Å². The van der Waals surface area contributed by atoms with E-state index < -0.39 is 0 Å². The Morgan fingerprint density at radius 1 is 1.59 bits per heavy atom. The molecule has 2 N–H and O–H groups in total. The van der Waals surface area contributed by atoms with Crippen LogP contribution in [0.3, 0.4) is 0 Å². The molecule has 4 nitrogen and oxygen atoms in total. The Bertz CT molecular complexity index is 353. The van der Waals surface area contributed by atoms with E-state index in [4.69, 9.17) is 5.73 Å². The second-order valence-electron chi connectivity index (χ2n) is 4.45. The third-order valence-electron chi connectivity index (χ3n) is 3.30. The molecule has 0 aliphatic carbocycles. The SMILES string of the molecule is NCC1CCCCN1C(=O)CCc1cscn1. The second kappa shape index (κ2) is 6.12. The first-order valence-corrected chi connectivity index (χ1v) is 7.12. The van der Waals surface area contributed by atoms with Crippen LogP contribution in [0.4, 0.5) is 0 Å². The van der Waals surface area contributed by atoms with E-state index in [-0.39, 0.29) is 11.9 Å². The zero-order chi connectivity index (χ0) is 12.1. The number of aromatic nitrogens is 1. The topological polar surface area (TPSA) is 59.2 Å². The number of nitrogens with zero attached hydrogens (tertiary/aromatic N) is 2. The molecular weight excluding hydrogens is 234 g/mol. The van der Waals surface area contributed by atoms with Crippen LogP contribution in [-0.2, 0) is 11.2 Å². The van der Waals surface area contributed by atoms with Crippen molar-refractivity contribution in [1.82, 2.24) is 9.88 Å². The lowest BCUT2D eigenvalue weighted by molar-refractivity contribution is -0.134. The van der Waals surface area contributed by atoms with Gasteiger partial charge in [0, 0.05) is 30.9 Å². The Morgan fingerprint density at radius 2 is 2.47 bits per heavy atom. The van der Waals surface area contributed by atoms with E-state index in [1.165, 1.54) is 6.42 Å². The molecule has 0 radical (unpaired) electrons. The van der Waals surface area contributed by atoms with Crippen molar-refractivity contribution in [3.8, 4) is 0 Å². The molecule has 0 spiro atoms. The lowest BCUT2D eigenvalue weighted by Gasteiger charge is -2.35. The highest BCUT2D eigenvalue weighted by Crippen LogP contribution is 2.17. The summed E-state index contributed by atoms with van der Waals surface area (Å²) >= 11 is 1.58. The molecule has 1 aromatic heterocycles. The Kier molecular flexibility index (Phi) is 4.50. The maximum Gasteiger partial charge on any atom is 0.223 e. The van der Waals surface area contributed by atoms with Crippen molar-refractivity contribution >= 4 is 17.2 Å². The number of hydrogen-bond acceptors (Lipinski definition) is 4. The van der Waals surface area contributed by atoms with Gasteiger partial charge in [-0.05, 0) is 25.7 Å². The molecule has 1 aliphatic rings. The lowest BCUT2D eigenvalue weighted by atomic mass is 10.0. The summed E-state index contributed by atoms with van der Waals surface area (Å²) in [5.74, 6) is 0.230. The van der Waals surface area contributed by atoms with Crippen molar-refractivity contribution in [2.45, 2.75) is 38.1 Å². The van der Waals surface area contributed by atoms with E-state index in [1.54, 1.807) is 11.3 Å². The van der Waals surface area contributed by atoms with Crippen molar-refractivity contribution in [2.24, 2.45) is 5.73 Å². The zero-order valence-corrected chi connectivity index (χ0v) is 10.8. The molecule has 1 aromatic rings. The third-order valence-corrected chi connectivity index (χ3v) is 3.93. The Morgan fingerprint density at radius 3 is 3.18 bits per heavy atom. The first-order chi connectivity index (χ1) is 8.31. The first-order valence-electron chi connectivity index (χ1n) is 6.18. The predicted molar refractivity (Wildman–Crippen MR) is 68.8 cm³/mol. The maximum absolute atomic E-state index is 12.1. The monoisotopic (exact) mass is 253 g/mol. The predicted octanol–water partition coefficient (Wildman–Crippen LogP) is 1.42. The van der Waals surface area contributed by atoms with Gasteiger partial charge in [0.05, 0.1) is 11.2 Å². The maximum atomic E-state index is 12.1. The van der Waals surface area contributed by atoms with Crippen LogP contribution in [0, 0.1) is 0 Å². The van der Waals surface area contributed by atoms with E-state index in [0.29, 0.717) is 13.0 Å². The molecule has 1 atom stereocenters. The molecule has 1 fully saturated rings. The average molecular weight is 253 g/mol. The standard InChI is InChI=1S/C12H19N3OS/c13-7-11-3-1-2-6-15(11)12(16)5-4-10-8-17-9-14-10/h8-9,11H,1-7,13H2. The molecule has 2 heterocycles. The normalized spacial score (nSPS) is 20.5. The van der Waals surface area contributed by atoms with Crippen LogP contribution in [0.25, 0.3) is 0 Å². The molecule has 1 unspecified atom stereocenters. The van der Waals surface area contributed by atoms with Gasteiger partial charge >= 0.3 is 0 Å². The minimum atomic E-state index is 0.230. The fourth-order valence-electron chi connectivity index (χ4n) is 2.31. The summed E-state index contributed by atoms with van der Waals surface area (Å²) in [7, 11) is 0. The number of aryl methyl sites for hydroxylation is 1. The van der Waals surface area contributed by atoms with E-state index in [2.05, 4.69) is 4.98 Å². The summed E-state index contributed by atoms with van der Waals surface area (Å²) in [5, 5.41) is 2.00. The molecular formula is C12H19N3OS. The Hall–Kier alpha value is -0.940. The van der Waals surface area contributed by atoms with Crippen molar-refractivity contribution in [2.75, 3.05) is 13.1 Å². The quantitative estimate of drug-likeness (QED) is 0.882. The first kappa shape index (κ1) is 12.5. The van der Waals surface area contributed by atoms with Crippen LogP contribution < -0.4 is 5.73 Å². The van der Waals surface area contributed by atoms with Gasteiger partial charge in [-0.2, -0.15) is 0 Å². The number of amides is 1. The molecule has 17 heavy (non-hydrogen) atoms. The van der Waals surface area contributed by atoms with Crippen LogP contribution in [0.5, 0.6) is 0 Å². The minimum absolute atomic E-state index is 0.230. The number of rotatable bonds is 4. The van der Waals surface area contributed by atoms with Crippen LogP contribution in [0.15, 0.2) is 10.9 Å². The van der Waals surface area contributed by atoms with E-state index >= 15 is 0 Å². The van der Waals surface area contributed by atoms with Crippen molar-refractivity contribution in [3.63, 3.8) is 0 Å². The van der Waals surface area contributed by atoms with Crippen LogP contribution in [0.2, 0.25) is 0 Å². The summed E-state index contributed by atoms with van der Waals surface area (Å²) < 4.78 is 0. The van der Waals surface area contributed by atoms with Gasteiger partial charge in [0.25, 0.3) is 0 Å². The number of nitrogens with two attached hydrogens (primary N) is 1. The highest BCUT2D eigenvalue weighted by atomic mass is 32.1. The molecule has 5 heteroatoms. The van der Waals surface area contributed by atoms with Gasteiger partial charge in [0.15, 0.2) is 0 Å². The van der Waals surface area contributed by atoms with E-state index in [0.717, 1.165) is 31.5 Å². The van der Waals surface area contributed by atoms with Gasteiger partial charge in [-0.25, -0.2) is 4.98 Å². The second-order valence-corrected chi connectivity index (χ2v) is 5.17. The van der Waals surface area contributed by atoms with Crippen molar-refractivity contribution in [1.29, 1.82) is 0 Å². The number of hydrogen-bond donors (Lipinski definition) is 1. The number of likely N-dealkylation sites (tertiary alicyclic amines) is 1. The molecule has 2 rings (SSSR count). The summed E-state index contributed by atoms with van der Waals surface area (Å²) in [5.41, 5.74) is 8.54. The van der Waals surface area contributed by atoms with E-state index in [1.807, 2.05) is 15.8 Å². The molecule has 0 saturated carbocycles. The molecule has 1 amide bonds. The number of carbonyl (C=O) groups is 1.